The molecule has 1 heterocycles. The van der Waals surface area contributed by atoms with E-state index in [0.717, 1.165) is 16.8 Å². The Balaban J connectivity index is 1.78. The van der Waals surface area contributed by atoms with Crippen molar-refractivity contribution in [2.45, 2.75) is 44.9 Å². The standard InChI is InChI=1S/C28H29Cl2NO5/c1-5-10-36-28(33)25-15(2)31-21-12-18(16-7-9-23(34-3)24(14-16)35-4)13-22(32)27(21)26(25)17-6-8-19(29)20(30)11-17/h6-9,11,14,18,26,31H,5,10,12-13H2,1-4H3/t18-,26-/m1/s1. The number of hydrogen-bond donors (Lipinski definition) is 1. The van der Waals surface area contributed by atoms with Crippen LogP contribution in [0.3, 0.4) is 0 Å². The molecule has 190 valence electrons. The minimum atomic E-state index is -0.598. The second-order valence-corrected chi connectivity index (χ2v) is 9.76. The van der Waals surface area contributed by atoms with Gasteiger partial charge in [0.2, 0.25) is 0 Å². The van der Waals surface area contributed by atoms with Crippen LogP contribution in [0.25, 0.3) is 0 Å². The van der Waals surface area contributed by atoms with Crippen molar-refractivity contribution in [1.82, 2.24) is 5.32 Å². The maximum Gasteiger partial charge on any atom is 0.336 e. The Morgan fingerprint density at radius 2 is 1.72 bits per heavy atom. The lowest BCUT2D eigenvalue weighted by molar-refractivity contribution is -0.139. The molecule has 2 aliphatic rings. The first-order valence-corrected chi connectivity index (χ1v) is 12.6. The first-order chi connectivity index (χ1) is 17.3. The number of nitrogens with one attached hydrogen (secondary N) is 1. The lowest BCUT2D eigenvalue weighted by Crippen LogP contribution is -2.36. The number of rotatable bonds is 7. The Labute approximate surface area is 221 Å². The van der Waals surface area contributed by atoms with Crippen LogP contribution >= 0.6 is 23.2 Å². The monoisotopic (exact) mass is 529 g/mol. The van der Waals surface area contributed by atoms with Crippen LogP contribution in [0.4, 0.5) is 0 Å². The molecule has 1 N–H and O–H groups in total. The zero-order chi connectivity index (χ0) is 26.0. The highest BCUT2D eigenvalue weighted by molar-refractivity contribution is 6.42. The molecule has 0 bridgehead atoms. The Bertz CT molecular complexity index is 1270. The number of carbonyl (C=O) groups excluding carboxylic acids is 2. The molecule has 0 saturated heterocycles. The summed E-state index contributed by atoms with van der Waals surface area (Å²) in [6.07, 6.45) is 1.59. The van der Waals surface area contributed by atoms with Gasteiger partial charge in [-0.2, -0.15) is 0 Å². The van der Waals surface area contributed by atoms with Gasteiger partial charge in [0.25, 0.3) is 0 Å². The van der Waals surface area contributed by atoms with E-state index in [0.29, 0.717) is 64.3 Å². The number of halogens is 2. The third-order valence-electron chi connectivity index (χ3n) is 6.64. The van der Waals surface area contributed by atoms with Crippen molar-refractivity contribution in [2.24, 2.45) is 0 Å². The number of ether oxygens (including phenoxy) is 3. The van der Waals surface area contributed by atoms with E-state index in [1.54, 1.807) is 26.4 Å². The fourth-order valence-corrected chi connectivity index (χ4v) is 5.26. The number of dihydropyridines is 1. The van der Waals surface area contributed by atoms with Crippen molar-refractivity contribution >= 4 is 35.0 Å². The maximum atomic E-state index is 13.7. The van der Waals surface area contributed by atoms with E-state index in [-0.39, 0.29) is 11.7 Å². The second kappa shape index (κ2) is 11.0. The summed E-state index contributed by atoms with van der Waals surface area (Å²) in [6.45, 7) is 4.07. The number of hydrogen-bond acceptors (Lipinski definition) is 6. The molecule has 2 atom stereocenters. The third kappa shape index (κ3) is 4.97. The van der Waals surface area contributed by atoms with Gasteiger partial charge < -0.3 is 19.5 Å². The van der Waals surface area contributed by atoms with Crippen molar-refractivity contribution in [3.63, 3.8) is 0 Å². The van der Waals surface area contributed by atoms with Crippen LogP contribution in [0.2, 0.25) is 10.0 Å². The summed E-state index contributed by atoms with van der Waals surface area (Å²) in [5.74, 6) is 0.114. The molecule has 1 aliphatic carbocycles. The quantitative estimate of drug-likeness (QED) is 0.422. The van der Waals surface area contributed by atoms with E-state index in [4.69, 9.17) is 37.4 Å². The van der Waals surface area contributed by atoms with Gasteiger partial charge in [-0.1, -0.05) is 42.3 Å². The number of allylic oxidation sites excluding steroid dienone is 3. The number of benzene rings is 2. The molecule has 2 aromatic rings. The number of esters is 1. The summed E-state index contributed by atoms with van der Waals surface area (Å²) in [5, 5.41) is 4.12. The molecule has 0 unspecified atom stereocenters. The van der Waals surface area contributed by atoms with Gasteiger partial charge in [0.1, 0.15) is 0 Å². The van der Waals surface area contributed by atoms with Gasteiger partial charge in [0.15, 0.2) is 17.3 Å². The Morgan fingerprint density at radius 3 is 2.39 bits per heavy atom. The molecule has 0 radical (unpaired) electrons. The molecule has 1 aliphatic heterocycles. The van der Waals surface area contributed by atoms with Gasteiger partial charge in [-0.05, 0) is 61.1 Å². The van der Waals surface area contributed by atoms with Crippen LogP contribution in [-0.4, -0.2) is 32.6 Å². The van der Waals surface area contributed by atoms with Crippen LogP contribution in [0, 0.1) is 0 Å². The summed E-state index contributed by atoms with van der Waals surface area (Å²) < 4.78 is 16.3. The van der Waals surface area contributed by atoms with Gasteiger partial charge in [-0.25, -0.2) is 4.79 Å². The predicted octanol–water partition coefficient (Wildman–Crippen LogP) is 6.33. The summed E-state index contributed by atoms with van der Waals surface area (Å²) in [5.41, 5.74) is 4.14. The van der Waals surface area contributed by atoms with E-state index in [1.807, 2.05) is 38.1 Å². The number of carbonyl (C=O) groups is 2. The zero-order valence-electron chi connectivity index (χ0n) is 20.7. The topological polar surface area (TPSA) is 73.9 Å². The molecule has 36 heavy (non-hydrogen) atoms. The van der Waals surface area contributed by atoms with Crippen molar-refractivity contribution in [2.75, 3.05) is 20.8 Å². The Kier molecular flexibility index (Phi) is 7.96. The first-order valence-electron chi connectivity index (χ1n) is 11.9. The Morgan fingerprint density at radius 1 is 1.00 bits per heavy atom. The highest BCUT2D eigenvalue weighted by Crippen LogP contribution is 2.47. The molecule has 4 rings (SSSR count). The Hall–Kier alpha value is -2.96. The normalized spacial score (nSPS) is 19.6. The molecule has 0 saturated carbocycles. The molecular weight excluding hydrogens is 501 g/mol. The molecule has 0 fully saturated rings. The molecule has 6 nitrogen and oxygen atoms in total. The second-order valence-electron chi connectivity index (χ2n) is 8.94. The fraction of sp³-hybridized carbons (Fsp3) is 0.357. The zero-order valence-corrected chi connectivity index (χ0v) is 22.3. The number of Topliss-reactive ketones (excluding diaryl/α,β-unsaturated/α-hetero) is 1. The summed E-state index contributed by atoms with van der Waals surface area (Å²) in [4.78, 5) is 26.9. The van der Waals surface area contributed by atoms with Gasteiger partial charge in [0.05, 0.1) is 36.4 Å². The van der Waals surface area contributed by atoms with Crippen molar-refractivity contribution in [1.29, 1.82) is 0 Å². The highest BCUT2D eigenvalue weighted by atomic mass is 35.5. The number of ketones is 1. The molecule has 0 spiro atoms. The van der Waals surface area contributed by atoms with Crippen molar-refractivity contribution < 1.29 is 23.8 Å². The highest BCUT2D eigenvalue weighted by Gasteiger charge is 2.41. The minimum absolute atomic E-state index is 0.0344. The van der Waals surface area contributed by atoms with Crippen molar-refractivity contribution in [3.05, 3.63) is 80.1 Å². The van der Waals surface area contributed by atoms with Crippen molar-refractivity contribution in [3.8, 4) is 11.5 Å². The largest absolute Gasteiger partial charge is 0.493 e. The molecule has 2 aromatic carbocycles. The van der Waals surface area contributed by atoms with E-state index in [2.05, 4.69) is 5.32 Å². The van der Waals surface area contributed by atoms with E-state index >= 15 is 0 Å². The van der Waals surface area contributed by atoms with Gasteiger partial charge in [0, 0.05) is 29.3 Å². The predicted molar refractivity (Wildman–Crippen MR) is 140 cm³/mol. The van der Waals surface area contributed by atoms with E-state index in [9.17, 15) is 9.59 Å². The van der Waals surface area contributed by atoms with Gasteiger partial charge in [-0.3, -0.25) is 4.79 Å². The average molecular weight is 530 g/mol. The number of methoxy groups -OCH3 is 2. The summed E-state index contributed by atoms with van der Waals surface area (Å²) in [6, 6.07) is 10.9. The smallest absolute Gasteiger partial charge is 0.336 e. The molecule has 8 heteroatoms. The summed E-state index contributed by atoms with van der Waals surface area (Å²) in [7, 11) is 3.18. The molecule has 0 aromatic heterocycles. The average Bonchev–Trinajstić information content (AvgIpc) is 2.87. The van der Waals surface area contributed by atoms with Crippen LogP contribution in [-0.2, 0) is 14.3 Å². The lowest BCUT2D eigenvalue weighted by Gasteiger charge is -2.37. The van der Waals surface area contributed by atoms with Gasteiger partial charge in [-0.15, -0.1) is 0 Å². The maximum absolute atomic E-state index is 13.7. The lowest BCUT2D eigenvalue weighted by atomic mass is 9.71. The third-order valence-corrected chi connectivity index (χ3v) is 7.38. The summed E-state index contributed by atoms with van der Waals surface area (Å²) >= 11 is 12.5. The van der Waals surface area contributed by atoms with Crippen LogP contribution < -0.4 is 14.8 Å². The SMILES string of the molecule is CCCOC(=O)C1=C(C)NC2=C(C(=O)C[C@H](c3ccc(OC)c(OC)c3)C2)[C@@H]1c1ccc(Cl)c(Cl)c1. The van der Waals surface area contributed by atoms with Crippen LogP contribution in [0.15, 0.2) is 58.9 Å². The molecular formula is C28H29Cl2NO5. The molecule has 0 amide bonds. The minimum Gasteiger partial charge on any atom is -0.493 e. The van der Waals surface area contributed by atoms with Crippen LogP contribution in [0.1, 0.15) is 56.1 Å². The first kappa shape index (κ1) is 26.1. The van der Waals surface area contributed by atoms with Gasteiger partial charge >= 0.3 is 5.97 Å². The van der Waals surface area contributed by atoms with Crippen LogP contribution in [0.5, 0.6) is 11.5 Å². The van der Waals surface area contributed by atoms with E-state index in [1.165, 1.54) is 0 Å². The van der Waals surface area contributed by atoms with E-state index < -0.39 is 11.9 Å². The fourth-order valence-electron chi connectivity index (χ4n) is 4.95.